The predicted molar refractivity (Wildman–Crippen MR) is 153 cm³/mol. The number of halogens is 1. The van der Waals surface area contributed by atoms with Crippen LogP contribution >= 0.6 is 12.2 Å². The lowest BCUT2D eigenvalue weighted by molar-refractivity contribution is 0.564. The van der Waals surface area contributed by atoms with Crippen LogP contribution in [0.4, 0.5) is 15.8 Å². The van der Waals surface area contributed by atoms with E-state index in [-0.39, 0.29) is 17.9 Å². The zero-order valence-electron chi connectivity index (χ0n) is 21.4. The minimum atomic E-state index is -3.42. The molecule has 2 aromatic carbocycles. The number of nitrogens with zero attached hydrogens (tertiary/aromatic N) is 3. The summed E-state index contributed by atoms with van der Waals surface area (Å²) in [5.74, 6) is -0.302. The zero-order chi connectivity index (χ0) is 27.2. The molecule has 5 rings (SSSR count). The van der Waals surface area contributed by atoms with Crippen molar-refractivity contribution < 1.29 is 12.8 Å². The van der Waals surface area contributed by atoms with Crippen LogP contribution in [0.3, 0.4) is 0 Å². The number of aryl methyl sites for hydroxylation is 2. The van der Waals surface area contributed by atoms with Crippen LogP contribution in [-0.2, 0) is 10.0 Å². The SMILES string of the molecule is Cc1cc(N2C(=S)N[C@H](c3ccccn3)[C@H]2c2cc(C)n(-c3ccccc3F)c2C)ccc1NS(C)(=O)=O. The van der Waals surface area contributed by atoms with Gasteiger partial charge < -0.3 is 14.8 Å². The molecule has 1 saturated heterocycles. The Morgan fingerprint density at radius 2 is 1.76 bits per heavy atom. The van der Waals surface area contributed by atoms with Crippen molar-refractivity contribution in [2.45, 2.75) is 32.9 Å². The van der Waals surface area contributed by atoms with Gasteiger partial charge in [0.2, 0.25) is 10.0 Å². The van der Waals surface area contributed by atoms with E-state index >= 15 is 0 Å². The smallest absolute Gasteiger partial charge is 0.229 e. The van der Waals surface area contributed by atoms with E-state index < -0.39 is 10.0 Å². The third-order valence-corrected chi connectivity index (χ3v) is 7.67. The normalized spacial score (nSPS) is 17.5. The van der Waals surface area contributed by atoms with E-state index in [1.54, 1.807) is 24.4 Å². The number of thiocarbonyl (C=S) groups is 1. The van der Waals surface area contributed by atoms with Gasteiger partial charge in [-0.25, -0.2) is 12.8 Å². The lowest BCUT2D eigenvalue weighted by Crippen LogP contribution is -2.29. The van der Waals surface area contributed by atoms with Gasteiger partial charge in [0.25, 0.3) is 0 Å². The van der Waals surface area contributed by atoms with Gasteiger partial charge in [0.15, 0.2) is 5.11 Å². The molecule has 0 aliphatic carbocycles. The van der Waals surface area contributed by atoms with Gasteiger partial charge in [0, 0.05) is 23.3 Å². The summed E-state index contributed by atoms with van der Waals surface area (Å²) in [6, 6.07) is 19.5. The van der Waals surface area contributed by atoms with E-state index in [1.807, 2.05) is 66.6 Å². The van der Waals surface area contributed by atoms with Crippen LogP contribution in [0.25, 0.3) is 5.69 Å². The van der Waals surface area contributed by atoms with Gasteiger partial charge in [0.1, 0.15) is 5.82 Å². The Morgan fingerprint density at radius 3 is 2.42 bits per heavy atom. The molecule has 0 bridgehead atoms. The highest BCUT2D eigenvalue weighted by Gasteiger charge is 2.42. The quantitative estimate of drug-likeness (QED) is 0.310. The molecule has 4 aromatic rings. The van der Waals surface area contributed by atoms with E-state index in [9.17, 15) is 12.8 Å². The van der Waals surface area contributed by atoms with Crippen LogP contribution in [0, 0.1) is 26.6 Å². The maximum Gasteiger partial charge on any atom is 0.229 e. The topological polar surface area (TPSA) is 79.3 Å². The fourth-order valence-corrected chi connectivity index (χ4v) is 6.13. The predicted octanol–water partition coefficient (Wildman–Crippen LogP) is 5.49. The summed E-state index contributed by atoms with van der Waals surface area (Å²) in [6.45, 7) is 5.78. The molecule has 1 aliphatic heterocycles. The second-order valence-corrected chi connectivity index (χ2v) is 11.6. The molecular formula is C28H28FN5O2S2. The minimum Gasteiger partial charge on any atom is -0.351 e. The van der Waals surface area contributed by atoms with Gasteiger partial charge in [-0.2, -0.15) is 0 Å². The van der Waals surface area contributed by atoms with Crippen LogP contribution in [-0.4, -0.2) is 29.3 Å². The number of anilines is 2. The molecule has 7 nitrogen and oxygen atoms in total. The Morgan fingerprint density at radius 1 is 1.03 bits per heavy atom. The average Bonchev–Trinajstić information content (AvgIpc) is 3.36. The highest BCUT2D eigenvalue weighted by molar-refractivity contribution is 7.92. The molecule has 1 aliphatic rings. The molecule has 0 saturated carbocycles. The Bertz CT molecular complexity index is 1640. The van der Waals surface area contributed by atoms with Gasteiger partial charge in [-0.3, -0.25) is 9.71 Å². The summed E-state index contributed by atoms with van der Waals surface area (Å²) in [6.07, 6.45) is 2.87. The maximum absolute atomic E-state index is 14.8. The Balaban J connectivity index is 1.66. The van der Waals surface area contributed by atoms with Crippen molar-refractivity contribution in [1.82, 2.24) is 14.9 Å². The van der Waals surface area contributed by atoms with Crippen molar-refractivity contribution in [2.75, 3.05) is 15.9 Å². The molecule has 2 N–H and O–H groups in total. The number of sulfonamides is 1. The number of aromatic nitrogens is 2. The van der Waals surface area contributed by atoms with E-state index in [0.29, 0.717) is 16.5 Å². The van der Waals surface area contributed by atoms with Gasteiger partial charge in [-0.15, -0.1) is 0 Å². The summed E-state index contributed by atoms with van der Waals surface area (Å²) in [5.41, 5.74) is 6.13. The lowest BCUT2D eigenvalue weighted by atomic mass is 9.96. The van der Waals surface area contributed by atoms with Gasteiger partial charge >= 0.3 is 0 Å². The monoisotopic (exact) mass is 549 g/mol. The number of hydrogen-bond donors (Lipinski definition) is 2. The molecule has 38 heavy (non-hydrogen) atoms. The Labute approximate surface area is 227 Å². The van der Waals surface area contributed by atoms with Crippen LogP contribution < -0.4 is 14.9 Å². The number of hydrogen-bond acceptors (Lipinski definition) is 4. The number of rotatable bonds is 6. The van der Waals surface area contributed by atoms with Crippen molar-refractivity contribution in [3.8, 4) is 5.69 Å². The molecular weight excluding hydrogens is 521 g/mol. The first-order valence-electron chi connectivity index (χ1n) is 12.1. The summed E-state index contributed by atoms with van der Waals surface area (Å²) < 4.78 is 42.9. The zero-order valence-corrected chi connectivity index (χ0v) is 23.1. The second-order valence-electron chi connectivity index (χ2n) is 9.48. The number of nitrogens with one attached hydrogen (secondary N) is 2. The largest absolute Gasteiger partial charge is 0.351 e. The van der Waals surface area contributed by atoms with Crippen molar-refractivity contribution in [1.29, 1.82) is 0 Å². The third-order valence-electron chi connectivity index (χ3n) is 6.76. The molecule has 10 heteroatoms. The average molecular weight is 550 g/mol. The maximum atomic E-state index is 14.8. The first-order chi connectivity index (χ1) is 18.0. The van der Waals surface area contributed by atoms with Crippen molar-refractivity contribution in [3.05, 3.63) is 107 Å². The van der Waals surface area contributed by atoms with Crippen molar-refractivity contribution >= 4 is 38.7 Å². The van der Waals surface area contributed by atoms with Gasteiger partial charge in [-0.05, 0) is 92.6 Å². The first-order valence-corrected chi connectivity index (χ1v) is 14.4. The lowest BCUT2D eigenvalue weighted by Gasteiger charge is -2.29. The molecule has 0 amide bonds. The van der Waals surface area contributed by atoms with Crippen LogP contribution in [0.2, 0.25) is 0 Å². The number of benzene rings is 2. The molecule has 1 fully saturated rings. The fraction of sp³-hybridized carbons (Fsp3) is 0.214. The minimum absolute atomic E-state index is 0.271. The van der Waals surface area contributed by atoms with Crippen molar-refractivity contribution in [3.63, 3.8) is 0 Å². The summed E-state index contributed by atoms with van der Waals surface area (Å²) in [4.78, 5) is 6.64. The first kappa shape index (κ1) is 25.9. The van der Waals surface area contributed by atoms with Gasteiger partial charge in [0.05, 0.1) is 35.4 Å². The molecule has 0 spiro atoms. The standard InChI is InChI=1S/C28H28FN5O2S2/c1-17-15-20(12-13-23(17)32-38(4,35)36)34-27(26(31-28(34)37)24-10-7-8-14-30-24)21-16-18(2)33(19(21)3)25-11-6-5-9-22(25)29/h5-16,26-27,32H,1-4H3,(H,31,37)/t26-,27-/m1/s1. The summed E-state index contributed by atoms with van der Waals surface area (Å²) in [5, 5.41) is 3.96. The van der Waals surface area contributed by atoms with Crippen LogP contribution in [0.1, 0.15) is 40.3 Å². The molecule has 0 radical (unpaired) electrons. The Hall–Kier alpha value is -3.76. The third kappa shape index (κ3) is 4.77. The van der Waals surface area contributed by atoms with Gasteiger partial charge in [-0.1, -0.05) is 18.2 Å². The van der Waals surface area contributed by atoms with E-state index in [4.69, 9.17) is 12.2 Å². The highest BCUT2D eigenvalue weighted by atomic mass is 32.2. The summed E-state index contributed by atoms with van der Waals surface area (Å²) in [7, 11) is -3.42. The van der Waals surface area contributed by atoms with E-state index in [2.05, 4.69) is 21.1 Å². The van der Waals surface area contributed by atoms with Crippen molar-refractivity contribution in [2.24, 2.45) is 0 Å². The Kier molecular flexibility index (Phi) is 6.70. The summed E-state index contributed by atoms with van der Waals surface area (Å²) >= 11 is 5.85. The molecule has 3 heterocycles. The molecule has 2 aromatic heterocycles. The van der Waals surface area contributed by atoms with E-state index in [0.717, 1.165) is 40.2 Å². The molecule has 0 unspecified atom stereocenters. The molecule has 196 valence electrons. The number of pyridine rings is 1. The van der Waals surface area contributed by atoms with Crippen LogP contribution in [0.15, 0.2) is 72.9 Å². The molecule has 2 atom stereocenters. The highest BCUT2D eigenvalue weighted by Crippen LogP contribution is 2.44. The van der Waals surface area contributed by atoms with E-state index in [1.165, 1.54) is 6.07 Å². The van der Waals surface area contributed by atoms with Crippen LogP contribution in [0.5, 0.6) is 0 Å². The number of para-hydroxylation sites is 1. The second kappa shape index (κ2) is 9.85. The fourth-order valence-electron chi connectivity index (χ4n) is 5.15.